The van der Waals surface area contributed by atoms with Crippen molar-refractivity contribution in [3.05, 3.63) is 99.9 Å². The van der Waals surface area contributed by atoms with Crippen LogP contribution in [-0.4, -0.2) is 40.1 Å². The Kier molecular flexibility index (Phi) is 4.60. The quantitative estimate of drug-likeness (QED) is 0.388. The van der Waals surface area contributed by atoms with Crippen molar-refractivity contribution in [3.63, 3.8) is 0 Å². The normalized spacial score (nSPS) is 24.3. The number of rotatable bonds is 4. The first-order valence-corrected chi connectivity index (χ1v) is 10.3. The second kappa shape index (κ2) is 7.35. The second-order valence-corrected chi connectivity index (χ2v) is 8.16. The van der Waals surface area contributed by atoms with E-state index in [4.69, 9.17) is 0 Å². The number of Topliss-reactive ketones (excluding diaryl/α,β-unsaturated/α-hetero) is 1. The van der Waals surface area contributed by atoms with Crippen LogP contribution in [0.5, 0.6) is 0 Å². The molecular weight excluding hydrogens is 408 g/mol. The fourth-order valence-electron chi connectivity index (χ4n) is 5.21. The average Bonchev–Trinajstić information content (AvgIpc) is 3.29. The van der Waals surface area contributed by atoms with Gasteiger partial charge >= 0.3 is 0 Å². The largest absolute Gasteiger partial charge is 0.324 e. The molecule has 2 aromatic carbocycles. The number of aromatic nitrogens is 1. The van der Waals surface area contributed by atoms with Crippen LogP contribution in [0.2, 0.25) is 0 Å². The number of hydrogen-bond acceptors (Lipinski definition) is 6. The number of pyridine rings is 1. The van der Waals surface area contributed by atoms with Gasteiger partial charge in [-0.15, -0.1) is 0 Å². The third-order valence-corrected chi connectivity index (χ3v) is 6.59. The molecule has 2 aliphatic heterocycles. The van der Waals surface area contributed by atoms with Crippen molar-refractivity contribution in [2.45, 2.75) is 11.5 Å². The van der Waals surface area contributed by atoms with Crippen molar-refractivity contribution >= 4 is 23.1 Å². The second-order valence-electron chi connectivity index (χ2n) is 8.16. The number of nitro benzene ring substituents is 1. The number of ketones is 1. The van der Waals surface area contributed by atoms with Crippen LogP contribution in [0.25, 0.3) is 0 Å². The van der Waals surface area contributed by atoms with E-state index in [1.54, 1.807) is 36.5 Å². The number of non-ortho nitro benzene ring substituents is 1. The van der Waals surface area contributed by atoms with E-state index in [1.807, 2.05) is 36.2 Å². The predicted molar refractivity (Wildman–Crippen MR) is 117 cm³/mol. The van der Waals surface area contributed by atoms with E-state index < -0.39 is 16.4 Å². The van der Waals surface area contributed by atoms with Crippen molar-refractivity contribution in [3.8, 4) is 0 Å². The summed E-state index contributed by atoms with van der Waals surface area (Å²) in [7, 11) is 1.84. The number of anilines is 1. The fourth-order valence-corrected chi connectivity index (χ4v) is 5.21. The topological polar surface area (TPSA) is 105 Å². The summed E-state index contributed by atoms with van der Waals surface area (Å²) in [5, 5.41) is 14.1. The summed E-state index contributed by atoms with van der Waals surface area (Å²) in [6.07, 6.45) is 1.56. The standard InChI is InChI=1S/C24H20N4O4/c1-27-14-17(15-9-11-16(12-10-15)28(31)32)21(22(29)20-8-4-5-13-25-20)24(27)18-6-2-3-7-19(18)26-23(24)30/h2-13,17,21H,14H2,1H3,(H,26,30)/t17-,21-,24+/m1/s1. The summed E-state index contributed by atoms with van der Waals surface area (Å²) in [5.41, 5.74) is 1.28. The number of nitrogens with one attached hydrogen (secondary N) is 1. The van der Waals surface area contributed by atoms with Gasteiger partial charge in [-0.1, -0.05) is 36.4 Å². The van der Waals surface area contributed by atoms with Gasteiger partial charge in [0.05, 0.1) is 10.8 Å². The van der Waals surface area contributed by atoms with E-state index >= 15 is 0 Å². The smallest absolute Gasteiger partial charge is 0.269 e. The molecule has 1 saturated heterocycles. The predicted octanol–water partition coefficient (Wildman–Crippen LogP) is 3.37. The highest BCUT2D eigenvalue weighted by Gasteiger charge is 2.64. The Morgan fingerprint density at radius 3 is 2.53 bits per heavy atom. The lowest BCUT2D eigenvalue weighted by atomic mass is 9.71. The molecule has 8 nitrogen and oxygen atoms in total. The molecule has 3 aromatic rings. The molecule has 3 atom stereocenters. The summed E-state index contributed by atoms with van der Waals surface area (Å²) in [6, 6.07) is 18.8. The van der Waals surface area contributed by atoms with E-state index in [2.05, 4.69) is 10.3 Å². The Labute approximate surface area is 184 Å². The molecule has 160 valence electrons. The first-order valence-electron chi connectivity index (χ1n) is 10.3. The number of fused-ring (bicyclic) bond motifs is 2. The van der Waals surface area contributed by atoms with Gasteiger partial charge < -0.3 is 5.32 Å². The highest BCUT2D eigenvalue weighted by molar-refractivity contribution is 6.11. The van der Waals surface area contributed by atoms with Crippen LogP contribution < -0.4 is 5.32 Å². The lowest BCUT2D eigenvalue weighted by molar-refractivity contribution is -0.384. The zero-order chi connectivity index (χ0) is 22.5. The van der Waals surface area contributed by atoms with Crippen molar-refractivity contribution in [2.24, 2.45) is 5.92 Å². The summed E-state index contributed by atoms with van der Waals surface area (Å²) >= 11 is 0. The molecule has 5 rings (SSSR count). The summed E-state index contributed by atoms with van der Waals surface area (Å²) < 4.78 is 0. The van der Waals surface area contributed by atoms with Crippen LogP contribution in [-0.2, 0) is 10.3 Å². The van der Waals surface area contributed by atoms with E-state index in [0.717, 1.165) is 11.1 Å². The number of carbonyl (C=O) groups excluding carboxylic acids is 2. The summed E-state index contributed by atoms with van der Waals surface area (Å²) in [5.74, 6) is -1.59. The highest BCUT2D eigenvalue weighted by Crippen LogP contribution is 2.55. The Balaban J connectivity index is 1.70. The van der Waals surface area contributed by atoms with Crippen LogP contribution in [0, 0.1) is 16.0 Å². The monoisotopic (exact) mass is 428 g/mol. The Morgan fingerprint density at radius 1 is 1.12 bits per heavy atom. The third-order valence-electron chi connectivity index (χ3n) is 6.59. The molecule has 32 heavy (non-hydrogen) atoms. The molecule has 1 N–H and O–H groups in total. The molecule has 1 fully saturated rings. The highest BCUT2D eigenvalue weighted by atomic mass is 16.6. The minimum atomic E-state index is -1.20. The summed E-state index contributed by atoms with van der Waals surface area (Å²) in [6.45, 7) is 0.433. The van der Waals surface area contributed by atoms with Gasteiger partial charge in [-0.3, -0.25) is 29.6 Å². The van der Waals surface area contributed by atoms with Crippen LogP contribution in [0.4, 0.5) is 11.4 Å². The van der Waals surface area contributed by atoms with Crippen molar-refractivity contribution in [2.75, 3.05) is 18.9 Å². The minimum Gasteiger partial charge on any atom is -0.324 e. The number of amides is 1. The van der Waals surface area contributed by atoms with Crippen LogP contribution in [0.1, 0.15) is 27.5 Å². The van der Waals surface area contributed by atoms with E-state index in [-0.39, 0.29) is 29.0 Å². The maximum absolute atomic E-state index is 13.9. The van der Waals surface area contributed by atoms with Gasteiger partial charge in [0.15, 0.2) is 5.78 Å². The lowest BCUT2D eigenvalue weighted by Crippen LogP contribution is -2.51. The van der Waals surface area contributed by atoms with Crippen LogP contribution in [0.15, 0.2) is 72.9 Å². The lowest BCUT2D eigenvalue weighted by Gasteiger charge is -2.35. The maximum Gasteiger partial charge on any atom is 0.269 e. The van der Waals surface area contributed by atoms with E-state index in [0.29, 0.717) is 12.2 Å². The number of carbonyl (C=O) groups is 2. The molecule has 1 amide bonds. The molecule has 1 spiro atoms. The molecule has 3 heterocycles. The third kappa shape index (κ3) is 2.76. The molecule has 0 bridgehead atoms. The average molecular weight is 428 g/mol. The summed E-state index contributed by atoms with van der Waals surface area (Å²) in [4.78, 5) is 44.2. The Hall–Kier alpha value is -3.91. The zero-order valence-electron chi connectivity index (χ0n) is 17.3. The van der Waals surface area contributed by atoms with Gasteiger partial charge in [0.2, 0.25) is 5.91 Å². The van der Waals surface area contributed by atoms with Crippen molar-refractivity contribution < 1.29 is 14.5 Å². The Bertz CT molecular complexity index is 1230. The molecule has 0 aliphatic carbocycles. The first-order chi connectivity index (χ1) is 15.4. The molecule has 0 radical (unpaired) electrons. The number of likely N-dealkylation sites (tertiary alicyclic amines) is 1. The number of nitrogens with zero attached hydrogens (tertiary/aromatic N) is 3. The van der Waals surface area contributed by atoms with E-state index in [1.165, 1.54) is 12.1 Å². The number of benzene rings is 2. The molecular formula is C24H20N4O4. The van der Waals surface area contributed by atoms with Gasteiger partial charge in [-0.25, -0.2) is 0 Å². The van der Waals surface area contributed by atoms with E-state index in [9.17, 15) is 19.7 Å². The fraction of sp³-hybridized carbons (Fsp3) is 0.208. The molecule has 8 heteroatoms. The number of likely N-dealkylation sites (N-methyl/N-ethyl adjacent to an activating group) is 1. The van der Waals surface area contributed by atoms with Gasteiger partial charge in [-0.05, 0) is 30.8 Å². The minimum absolute atomic E-state index is 0.0219. The SMILES string of the molecule is CN1C[C@H](c2ccc([N+](=O)[O-])cc2)[C@H](C(=O)c2ccccn2)[C@@]12C(=O)Nc1ccccc12. The number of nitro groups is 1. The maximum atomic E-state index is 13.9. The van der Waals surface area contributed by atoms with Crippen LogP contribution >= 0.6 is 0 Å². The van der Waals surface area contributed by atoms with Gasteiger partial charge in [0.1, 0.15) is 11.2 Å². The molecule has 1 aromatic heterocycles. The van der Waals surface area contributed by atoms with Crippen LogP contribution in [0.3, 0.4) is 0 Å². The van der Waals surface area contributed by atoms with Gasteiger partial charge in [0.25, 0.3) is 5.69 Å². The zero-order valence-corrected chi connectivity index (χ0v) is 17.3. The number of para-hydroxylation sites is 1. The number of hydrogen-bond donors (Lipinski definition) is 1. The van der Waals surface area contributed by atoms with Gasteiger partial charge in [-0.2, -0.15) is 0 Å². The van der Waals surface area contributed by atoms with Crippen molar-refractivity contribution in [1.29, 1.82) is 0 Å². The molecule has 0 unspecified atom stereocenters. The van der Waals surface area contributed by atoms with Crippen molar-refractivity contribution in [1.82, 2.24) is 9.88 Å². The van der Waals surface area contributed by atoms with Gasteiger partial charge in [0, 0.05) is 42.0 Å². The molecule has 2 aliphatic rings. The molecule has 0 saturated carbocycles. The first kappa shape index (κ1) is 20.0. The Morgan fingerprint density at radius 2 is 1.84 bits per heavy atom.